The zero-order valence-corrected chi connectivity index (χ0v) is 10.4. The van der Waals surface area contributed by atoms with E-state index < -0.39 is 0 Å². The maximum atomic E-state index is 12.0. The maximum Gasteiger partial charge on any atom is 0.227 e. The predicted octanol–water partition coefficient (Wildman–Crippen LogP) is 2.36. The van der Waals surface area contributed by atoms with Gasteiger partial charge in [0.25, 0.3) is 0 Å². The van der Waals surface area contributed by atoms with Crippen molar-refractivity contribution in [3.63, 3.8) is 0 Å². The number of carbonyl (C=O) groups excluding carboxylic acids is 1. The molecule has 1 heterocycles. The lowest BCUT2D eigenvalue weighted by molar-refractivity contribution is -0.121. The molecule has 1 amide bonds. The van der Waals surface area contributed by atoms with Crippen LogP contribution < -0.4 is 5.32 Å². The van der Waals surface area contributed by atoms with Crippen LogP contribution >= 0.6 is 0 Å². The summed E-state index contributed by atoms with van der Waals surface area (Å²) in [6, 6.07) is 9.69. The van der Waals surface area contributed by atoms with Crippen LogP contribution in [0, 0.1) is 5.92 Å². The Morgan fingerprint density at radius 2 is 1.94 bits per heavy atom. The first-order valence-corrected chi connectivity index (χ1v) is 6.38. The summed E-state index contributed by atoms with van der Waals surface area (Å²) in [6.45, 7) is 5.35. The topological polar surface area (TPSA) is 32.3 Å². The summed E-state index contributed by atoms with van der Waals surface area (Å²) in [6.07, 6.45) is 1.96. The van der Waals surface area contributed by atoms with Crippen LogP contribution in [-0.4, -0.2) is 30.4 Å². The molecule has 1 aliphatic heterocycles. The van der Waals surface area contributed by atoms with Gasteiger partial charge < -0.3 is 10.2 Å². The molecular formula is C14H20N2O. The average molecular weight is 232 g/mol. The Hall–Kier alpha value is -1.35. The first-order chi connectivity index (χ1) is 8.29. The third-order valence-electron chi connectivity index (χ3n) is 3.45. The lowest BCUT2D eigenvalue weighted by Crippen LogP contribution is -2.37. The third kappa shape index (κ3) is 3.30. The predicted molar refractivity (Wildman–Crippen MR) is 69.9 cm³/mol. The van der Waals surface area contributed by atoms with Crippen LogP contribution in [0.25, 0.3) is 0 Å². The minimum absolute atomic E-state index is 0.173. The van der Waals surface area contributed by atoms with Gasteiger partial charge in [0.2, 0.25) is 5.91 Å². The average Bonchev–Trinajstić information content (AvgIpc) is 2.40. The molecule has 3 heteroatoms. The van der Waals surface area contributed by atoms with Gasteiger partial charge in [0.05, 0.1) is 0 Å². The lowest BCUT2D eigenvalue weighted by atomic mass is 9.96. The number of carbonyl (C=O) groups is 1. The molecule has 0 saturated carbocycles. The molecule has 0 bridgehead atoms. The molecule has 0 unspecified atom stereocenters. The minimum atomic E-state index is 0.173. The first-order valence-electron chi connectivity index (χ1n) is 6.38. The Bertz CT molecular complexity index is 356. The van der Waals surface area contributed by atoms with Crippen LogP contribution in [0.15, 0.2) is 30.3 Å². The fourth-order valence-electron chi connectivity index (χ4n) is 2.28. The second-order valence-electron chi connectivity index (χ2n) is 4.56. The van der Waals surface area contributed by atoms with E-state index in [0.717, 1.165) is 38.2 Å². The summed E-state index contributed by atoms with van der Waals surface area (Å²) < 4.78 is 0. The highest BCUT2D eigenvalue weighted by Gasteiger charge is 2.23. The Balaban J connectivity index is 1.85. The molecule has 1 saturated heterocycles. The van der Waals surface area contributed by atoms with Crippen molar-refractivity contribution in [2.24, 2.45) is 5.92 Å². The molecule has 0 aromatic heterocycles. The summed E-state index contributed by atoms with van der Waals surface area (Å²) in [5.41, 5.74) is 0.899. The molecule has 1 aliphatic rings. The van der Waals surface area contributed by atoms with Crippen molar-refractivity contribution in [2.75, 3.05) is 25.0 Å². The molecule has 2 rings (SSSR count). The Morgan fingerprint density at radius 3 is 2.53 bits per heavy atom. The van der Waals surface area contributed by atoms with E-state index in [-0.39, 0.29) is 11.8 Å². The Morgan fingerprint density at radius 1 is 1.29 bits per heavy atom. The van der Waals surface area contributed by atoms with E-state index in [1.807, 2.05) is 30.3 Å². The number of hydrogen-bond acceptors (Lipinski definition) is 2. The van der Waals surface area contributed by atoms with Gasteiger partial charge in [0.1, 0.15) is 0 Å². The van der Waals surface area contributed by atoms with Gasteiger partial charge in [-0.05, 0) is 44.6 Å². The van der Waals surface area contributed by atoms with Crippen LogP contribution in [0.1, 0.15) is 19.8 Å². The number of nitrogens with zero attached hydrogens (tertiary/aromatic N) is 1. The van der Waals surface area contributed by atoms with Gasteiger partial charge in [-0.3, -0.25) is 4.79 Å². The normalized spacial score (nSPS) is 17.9. The molecule has 92 valence electrons. The highest BCUT2D eigenvalue weighted by molar-refractivity contribution is 5.92. The zero-order chi connectivity index (χ0) is 12.1. The Kier molecular flexibility index (Phi) is 4.15. The fourth-order valence-corrected chi connectivity index (χ4v) is 2.28. The first kappa shape index (κ1) is 12.1. The SMILES string of the molecule is CCN1CCC(C(=O)Nc2ccccc2)CC1. The number of hydrogen-bond donors (Lipinski definition) is 1. The maximum absolute atomic E-state index is 12.0. The number of rotatable bonds is 3. The smallest absolute Gasteiger partial charge is 0.227 e. The Labute approximate surface area is 103 Å². The molecule has 1 N–H and O–H groups in total. The largest absolute Gasteiger partial charge is 0.326 e. The molecule has 0 spiro atoms. The molecule has 0 atom stereocenters. The van der Waals surface area contributed by atoms with E-state index in [2.05, 4.69) is 17.1 Å². The number of amides is 1. The number of likely N-dealkylation sites (tertiary alicyclic amines) is 1. The van der Waals surface area contributed by atoms with Gasteiger partial charge in [-0.25, -0.2) is 0 Å². The van der Waals surface area contributed by atoms with Crippen molar-refractivity contribution in [2.45, 2.75) is 19.8 Å². The van der Waals surface area contributed by atoms with Crippen molar-refractivity contribution < 1.29 is 4.79 Å². The number of para-hydroxylation sites is 1. The summed E-state index contributed by atoms with van der Waals surface area (Å²) in [7, 11) is 0. The summed E-state index contributed by atoms with van der Waals surface area (Å²) in [5, 5.41) is 2.99. The number of benzene rings is 1. The zero-order valence-electron chi connectivity index (χ0n) is 10.4. The van der Waals surface area contributed by atoms with E-state index in [4.69, 9.17) is 0 Å². The van der Waals surface area contributed by atoms with Crippen LogP contribution in [0.2, 0.25) is 0 Å². The summed E-state index contributed by atoms with van der Waals surface area (Å²) in [5.74, 6) is 0.352. The van der Waals surface area contributed by atoms with Gasteiger partial charge in [0.15, 0.2) is 0 Å². The third-order valence-corrected chi connectivity index (χ3v) is 3.45. The van der Waals surface area contributed by atoms with Crippen molar-refractivity contribution in [3.8, 4) is 0 Å². The molecule has 1 aromatic rings. The molecular weight excluding hydrogens is 212 g/mol. The summed E-state index contributed by atoms with van der Waals surface area (Å²) in [4.78, 5) is 14.4. The van der Waals surface area contributed by atoms with Gasteiger partial charge >= 0.3 is 0 Å². The number of piperidine rings is 1. The van der Waals surface area contributed by atoms with Crippen LogP contribution in [0.5, 0.6) is 0 Å². The van der Waals surface area contributed by atoms with Gasteiger partial charge in [-0.2, -0.15) is 0 Å². The summed E-state index contributed by atoms with van der Waals surface area (Å²) >= 11 is 0. The molecule has 17 heavy (non-hydrogen) atoms. The highest BCUT2D eigenvalue weighted by Crippen LogP contribution is 2.19. The molecule has 0 aliphatic carbocycles. The van der Waals surface area contributed by atoms with Crippen LogP contribution in [-0.2, 0) is 4.79 Å². The second-order valence-corrected chi connectivity index (χ2v) is 4.56. The number of nitrogens with one attached hydrogen (secondary N) is 1. The van der Waals surface area contributed by atoms with Crippen LogP contribution in [0.3, 0.4) is 0 Å². The second kappa shape index (κ2) is 5.82. The van der Waals surface area contributed by atoms with E-state index in [0.29, 0.717) is 0 Å². The highest BCUT2D eigenvalue weighted by atomic mass is 16.1. The van der Waals surface area contributed by atoms with Gasteiger partial charge in [0, 0.05) is 11.6 Å². The van der Waals surface area contributed by atoms with Crippen LogP contribution in [0.4, 0.5) is 5.69 Å². The van der Waals surface area contributed by atoms with E-state index in [9.17, 15) is 4.79 Å². The standard InChI is InChI=1S/C14H20N2O/c1-2-16-10-8-12(9-11-16)14(17)15-13-6-4-3-5-7-13/h3-7,12H,2,8-11H2,1H3,(H,15,17). The van der Waals surface area contributed by atoms with Gasteiger partial charge in [-0.15, -0.1) is 0 Å². The molecule has 1 fully saturated rings. The van der Waals surface area contributed by atoms with E-state index in [1.165, 1.54) is 0 Å². The lowest BCUT2D eigenvalue weighted by Gasteiger charge is -2.30. The number of anilines is 1. The quantitative estimate of drug-likeness (QED) is 0.867. The minimum Gasteiger partial charge on any atom is -0.326 e. The molecule has 0 radical (unpaired) electrons. The molecule has 3 nitrogen and oxygen atoms in total. The van der Waals surface area contributed by atoms with Crippen molar-refractivity contribution >= 4 is 11.6 Å². The van der Waals surface area contributed by atoms with Gasteiger partial charge in [-0.1, -0.05) is 25.1 Å². The molecule has 1 aromatic carbocycles. The van der Waals surface area contributed by atoms with Crippen molar-refractivity contribution in [1.29, 1.82) is 0 Å². The monoisotopic (exact) mass is 232 g/mol. The fraction of sp³-hybridized carbons (Fsp3) is 0.500. The van der Waals surface area contributed by atoms with E-state index >= 15 is 0 Å². The van der Waals surface area contributed by atoms with Crippen molar-refractivity contribution in [1.82, 2.24) is 4.90 Å². The van der Waals surface area contributed by atoms with E-state index in [1.54, 1.807) is 0 Å². The van der Waals surface area contributed by atoms with Crippen molar-refractivity contribution in [3.05, 3.63) is 30.3 Å².